The van der Waals surface area contributed by atoms with Gasteiger partial charge in [-0.15, -0.1) is 0 Å². The number of aldehydes is 1. The van der Waals surface area contributed by atoms with Gasteiger partial charge in [-0.3, -0.25) is 0 Å². The first-order valence-electron chi connectivity index (χ1n) is 12.7. The molecule has 0 saturated heterocycles. The van der Waals surface area contributed by atoms with Gasteiger partial charge in [0, 0.05) is 17.8 Å². The quantitative estimate of drug-likeness (QED) is 0.213. The Morgan fingerprint density at radius 3 is 1.97 bits per heavy atom. The van der Waals surface area contributed by atoms with Crippen LogP contribution in [0.1, 0.15) is 30.5 Å². The summed E-state index contributed by atoms with van der Waals surface area (Å²) in [5, 5.41) is 10.8. The molecule has 39 heavy (non-hydrogen) atoms. The number of ether oxygens (including phenoxy) is 1. The Kier molecular flexibility index (Phi) is 10.6. The first kappa shape index (κ1) is 28.9. The fourth-order valence-corrected chi connectivity index (χ4v) is 3.85. The monoisotopic (exact) mass is 530 g/mol. The van der Waals surface area contributed by atoms with E-state index in [-0.39, 0.29) is 12.5 Å². The molecule has 9 heteroatoms. The van der Waals surface area contributed by atoms with E-state index in [1.54, 1.807) is 39.0 Å². The first-order chi connectivity index (χ1) is 18.7. The molecule has 4 N–H and O–H groups in total. The van der Waals surface area contributed by atoms with Crippen molar-refractivity contribution in [3.8, 4) is 0 Å². The first-order valence-corrected chi connectivity index (χ1v) is 12.7. The Balaban J connectivity index is 1.63. The molecule has 4 amide bonds. The normalized spacial score (nSPS) is 12.1. The maximum atomic E-state index is 12.9. The Morgan fingerprint density at radius 2 is 1.38 bits per heavy atom. The minimum atomic E-state index is -0.896. The molecule has 204 valence electrons. The summed E-state index contributed by atoms with van der Waals surface area (Å²) >= 11 is 0. The Labute approximate surface area is 228 Å². The van der Waals surface area contributed by atoms with Crippen LogP contribution in [0.5, 0.6) is 0 Å². The molecule has 0 aliphatic carbocycles. The van der Waals surface area contributed by atoms with Crippen LogP contribution in [-0.2, 0) is 27.2 Å². The van der Waals surface area contributed by atoms with Crippen LogP contribution < -0.4 is 21.3 Å². The molecule has 0 saturated carbocycles. The summed E-state index contributed by atoms with van der Waals surface area (Å²) in [4.78, 5) is 49.6. The summed E-state index contributed by atoms with van der Waals surface area (Å²) < 4.78 is 5.34. The van der Waals surface area contributed by atoms with E-state index in [2.05, 4.69) is 21.3 Å². The molecule has 2 atom stereocenters. The van der Waals surface area contributed by atoms with Gasteiger partial charge in [-0.25, -0.2) is 14.4 Å². The lowest BCUT2D eigenvalue weighted by atomic mass is 10.1. The minimum absolute atomic E-state index is 0.265. The van der Waals surface area contributed by atoms with Crippen LogP contribution in [0.2, 0.25) is 0 Å². The molecule has 0 spiro atoms. The molecule has 0 heterocycles. The third kappa shape index (κ3) is 9.62. The van der Waals surface area contributed by atoms with Crippen molar-refractivity contribution >= 4 is 35.7 Å². The largest absolute Gasteiger partial charge is 0.461 e. The van der Waals surface area contributed by atoms with Gasteiger partial charge in [0.25, 0.3) is 0 Å². The van der Waals surface area contributed by atoms with Crippen LogP contribution in [0.3, 0.4) is 0 Å². The average Bonchev–Trinajstić information content (AvgIpc) is 2.90. The van der Waals surface area contributed by atoms with Crippen LogP contribution in [0.25, 0.3) is 0 Å². The number of esters is 1. The number of amides is 4. The topological polar surface area (TPSA) is 126 Å². The zero-order valence-corrected chi connectivity index (χ0v) is 22.3. The predicted octanol–water partition coefficient (Wildman–Crippen LogP) is 4.61. The van der Waals surface area contributed by atoms with E-state index in [1.807, 2.05) is 60.7 Å². The van der Waals surface area contributed by atoms with E-state index < -0.39 is 30.1 Å². The van der Waals surface area contributed by atoms with Crippen molar-refractivity contribution in [1.82, 2.24) is 10.6 Å². The number of anilines is 2. The standard InChI is InChI=1S/C30H34N4O5/c1-20(2)39-28(36)27(17-23-12-8-5-9-13-23)34-30(38)33-26-18-24(15-14-21(26)3)31-29(37)32-25(19-35)16-22-10-6-4-7-11-22/h4-15,18-20,25,27H,16-17H2,1-3H3,(H2,31,32,37)(H2,33,34,38)/t25-,27-/m0/s1. The van der Waals surface area contributed by atoms with Crippen LogP contribution in [-0.4, -0.2) is 42.5 Å². The number of hydrogen-bond donors (Lipinski definition) is 4. The third-order valence-electron chi connectivity index (χ3n) is 5.75. The van der Waals surface area contributed by atoms with Crippen molar-refractivity contribution in [2.45, 2.75) is 51.8 Å². The van der Waals surface area contributed by atoms with Crippen molar-refractivity contribution in [3.05, 3.63) is 95.6 Å². The fourth-order valence-electron chi connectivity index (χ4n) is 3.85. The van der Waals surface area contributed by atoms with Gasteiger partial charge in [-0.1, -0.05) is 66.7 Å². The lowest BCUT2D eigenvalue weighted by Crippen LogP contribution is -2.46. The minimum Gasteiger partial charge on any atom is -0.461 e. The van der Waals surface area contributed by atoms with Gasteiger partial charge in [-0.05, 0) is 56.0 Å². The second-order valence-electron chi connectivity index (χ2n) is 9.39. The second-order valence-corrected chi connectivity index (χ2v) is 9.39. The smallest absolute Gasteiger partial charge is 0.329 e. The van der Waals surface area contributed by atoms with Crippen molar-refractivity contribution < 1.29 is 23.9 Å². The molecule has 0 aliphatic rings. The van der Waals surface area contributed by atoms with Gasteiger partial charge in [0.15, 0.2) is 0 Å². The van der Waals surface area contributed by atoms with Gasteiger partial charge < -0.3 is 30.8 Å². The lowest BCUT2D eigenvalue weighted by Gasteiger charge is -2.20. The zero-order valence-electron chi connectivity index (χ0n) is 22.3. The van der Waals surface area contributed by atoms with E-state index in [0.717, 1.165) is 16.7 Å². The zero-order chi connectivity index (χ0) is 28.2. The van der Waals surface area contributed by atoms with E-state index in [0.29, 0.717) is 24.1 Å². The Hall–Kier alpha value is -4.66. The van der Waals surface area contributed by atoms with Crippen molar-refractivity contribution in [1.29, 1.82) is 0 Å². The van der Waals surface area contributed by atoms with E-state index in [1.165, 1.54) is 0 Å². The SMILES string of the molecule is Cc1ccc(NC(=O)N[C@H](C=O)Cc2ccccc2)cc1NC(=O)N[C@@H](Cc1ccccc1)C(=O)OC(C)C. The van der Waals surface area contributed by atoms with Crippen molar-refractivity contribution in [2.75, 3.05) is 10.6 Å². The molecule has 3 rings (SSSR count). The van der Waals surface area contributed by atoms with Gasteiger partial charge in [0.05, 0.1) is 12.1 Å². The molecule has 9 nitrogen and oxygen atoms in total. The average molecular weight is 531 g/mol. The van der Waals surface area contributed by atoms with Gasteiger partial charge in [0.1, 0.15) is 12.3 Å². The molecule has 0 unspecified atom stereocenters. The van der Waals surface area contributed by atoms with Gasteiger partial charge in [0.2, 0.25) is 0 Å². The molecule has 3 aromatic carbocycles. The van der Waals surface area contributed by atoms with Gasteiger partial charge >= 0.3 is 18.0 Å². The molecular formula is C30H34N4O5. The molecule has 3 aromatic rings. The molecular weight excluding hydrogens is 496 g/mol. The summed E-state index contributed by atoms with van der Waals surface area (Å²) in [5.74, 6) is -0.534. The fraction of sp³-hybridized carbons (Fsp3) is 0.267. The summed E-state index contributed by atoms with van der Waals surface area (Å²) in [6, 6.07) is 21.0. The number of carbonyl (C=O) groups is 4. The highest BCUT2D eigenvalue weighted by Crippen LogP contribution is 2.20. The van der Waals surface area contributed by atoms with Gasteiger partial charge in [-0.2, -0.15) is 0 Å². The lowest BCUT2D eigenvalue weighted by molar-refractivity contribution is -0.149. The van der Waals surface area contributed by atoms with Crippen LogP contribution in [0, 0.1) is 6.92 Å². The number of hydrogen-bond acceptors (Lipinski definition) is 5. The number of rotatable bonds is 11. The maximum absolute atomic E-state index is 12.9. The second kappa shape index (κ2) is 14.3. The highest BCUT2D eigenvalue weighted by atomic mass is 16.5. The summed E-state index contributed by atoms with van der Waals surface area (Å²) in [5.41, 5.74) is 3.40. The Morgan fingerprint density at radius 1 is 0.795 bits per heavy atom. The molecule has 0 fully saturated rings. The number of nitrogens with one attached hydrogen (secondary N) is 4. The summed E-state index contributed by atoms with van der Waals surface area (Å²) in [6.07, 6.45) is 0.988. The highest BCUT2D eigenvalue weighted by molar-refractivity contribution is 5.95. The number of carbonyl (C=O) groups excluding carboxylic acids is 4. The van der Waals surface area contributed by atoms with Crippen molar-refractivity contribution in [2.24, 2.45) is 0 Å². The van der Waals surface area contributed by atoms with E-state index >= 15 is 0 Å². The third-order valence-corrected chi connectivity index (χ3v) is 5.75. The molecule has 0 aliphatic heterocycles. The number of urea groups is 2. The molecule has 0 aromatic heterocycles. The summed E-state index contributed by atoms with van der Waals surface area (Å²) in [7, 11) is 0. The van der Waals surface area contributed by atoms with Crippen LogP contribution in [0.15, 0.2) is 78.9 Å². The van der Waals surface area contributed by atoms with E-state index in [4.69, 9.17) is 4.74 Å². The van der Waals surface area contributed by atoms with Crippen molar-refractivity contribution in [3.63, 3.8) is 0 Å². The van der Waals surface area contributed by atoms with Crippen LogP contribution in [0.4, 0.5) is 21.0 Å². The summed E-state index contributed by atoms with van der Waals surface area (Å²) in [6.45, 7) is 5.29. The maximum Gasteiger partial charge on any atom is 0.329 e. The predicted molar refractivity (Wildman–Crippen MR) is 151 cm³/mol. The molecule has 0 radical (unpaired) electrons. The number of benzene rings is 3. The van der Waals surface area contributed by atoms with E-state index in [9.17, 15) is 19.2 Å². The molecule has 0 bridgehead atoms. The van der Waals surface area contributed by atoms with Crippen LogP contribution >= 0.6 is 0 Å². The number of aryl methyl sites for hydroxylation is 1. The highest BCUT2D eigenvalue weighted by Gasteiger charge is 2.24. The Bertz CT molecular complexity index is 1260.